The number of nitrogens with two attached hydrogens (primary N) is 1. The van der Waals surface area contributed by atoms with Crippen LogP contribution in [0.1, 0.15) is 27.7 Å². The Morgan fingerprint density at radius 1 is 1.37 bits per heavy atom. The minimum absolute atomic E-state index is 0.00260. The molecule has 0 aromatic carbocycles. The Labute approximate surface area is 170 Å². The Hall–Kier alpha value is -3.10. The van der Waals surface area contributed by atoms with E-state index in [1.165, 1.54) is 6.92 Å². The third-order valence-corrected chi connectivity index (χ3v) is 3.87. The van der Waals surface area contributed by atoms with Crippen LogP contribution in [0.5, 0.6) is 0 Å². The summed E-state index contributed by atoms with van der Waals surface area (Å²) in [5, 5.41) is 21.1. The summed E-state index contributed by atoms with van der Waals surface area (Å²) in [4.78, 5) is 37.9. The fraction of sp³-hybridized carbons (Fsp3) is 0.625. The zero-order valence-corrected chi connectivity index (χ0v) is 16.7. The number of carboxylic acids is 1. The molecule has 30 heavy (non-hydrogen) atoms. The van der Waals surface area contributed by atoms with Crippen LogP contribution in [-0.4, -0.2) is 68.9 Å². The topological polar surface area (TPSA) is 198 Å². The molecule has 0 radical (unpaired) electrons. The van der Waals surface area contributed by atoms with Crippen LogP contribution in [0.2, 0.25) is 0 Å². The first-order valence-electron chi connectivity index (χ1n) is 8.77. The maximum absolute atomic E-state index is 11.1. The molecule has 14 heteroatoms. The van der Waals surface area contributed by atoms with E-state index in [1.807, 2.05) is 0 Å². The summed E-state index contributed by atoms with van der Waals surface area (Å²) in [6, 6.07) is 0. The number of nitrogens with one attached hydrogen (secondary N) is 1. The highest BCUT2D eigenvalue weighted by atomic mass is 16.8. The standard InChI is InChI=1S/C14H19N5O7.C2H4O2/c1-6(20)23-5-8-9-10(26-14(2,3)25-9)12(24-8)18-13-16-4-7(19(21)22)11(15)17-13;1-2(3)4/h4,8-10,12H,5H2,1-3H3,(H3,15,16,17,18);1H3,(H,3,4)/t8-,9-,10-,12-;/m1./s1. The van der Waals surface area contributed by atoms with Gasteiger partial charge in [0.25, 0.3) is 5.97 Å². The van der Waals surface area contributed by atoms with Crippen LogP contribution < -0.4 is 11.1 Å². The number of aliphatic carboxylic acids is 1. The monoisotopic (exact) mass is 429 g/mol. The van der Waals surface area contributed by atoms with Crippen LogP contribution >= 0.6 is 0 Å². The van der Waals surface area contributed by atoms with Crippen molar-refractivity contribution in [3.8, 4) is 0 Å². The molecule has 2 aliphatic rings. The summed E-state index contributed by atoms with van der Waals surface area (Å²) in [7, 11) is 0. The first-order chi connectivity index (χ1) is 13.9. The van der Waals surface area contributed by atoms with Gasteiger partial charge in [-0.05, 0) is 13.8 Å². The lowest BCUT2D eigenvalue weighted by Crippen LogP contribution is -2.35. The van der Waals surface area contributed by atoms with E-state index in [0.717, 1.165) is 13.1 Å². The molecule has 0 spiro atoms. The van der Waals surface area contributed by atoms with E-state index >= 15 is 0 Å². The second-order valence-corrected chi connectivity index (χ2v) is 6.85. The number of carboxylic acid groups (broad SMARTS) is 1. The SMILES string of the molecule is CC(=O)O.CC(=O)OC[C@H]1O[C@@H](Nc2ncc([N+](=O)[O-])c(N)n2)[C@@H]2OC(C)(C)O[C@@H]21. The highest BCUT2D eigenvalue weighted by Gasteiger charge is 2.55. The largest absolute Gasteiger partial charge is 0.481 e. The number of nitrogen functional groups attached to an aromatic ring is 1. The quantitative estimate of drug-likeness (QED) is 0.328. The minimum atomic E-state index is -0.844. The van der Waals surface area contributed by atoms with E-state index in [4.69, 9.17) is 34.6 Å². The number of ether oxygens (including phenoxy) is 4. The molecule has 3 heterocycles. The maximum Gasteiger partial charge on any atom is 0.329 e. The zero-order chi connectivity index (χ0) is 22.6. The average molecular weight is 429 g/mol. The number of nitro groups is 1. The minimum Gasteiger partial charge on any atom is -0.481 e. The second-order valence-electron chi connectivity index (χ2n) is 6.85. The molecule has 4 N–H and O–H groups in total. The van der Waals surface area contributed by atoms with Crippen molar-refractivity contribution in [3.05, 3.63) is 16.3 Å². The summed E-state index contributed by atoms with van der Waals surface area (Å²) in [6.07, 6.45) is -1.27. The highest BCUT2D eigenvalue weighted by molar-refractivity contribution is 5.65. The molecule has 0 saturated carbocycles. The van der Waals surface area contributed by atoms with Crippen molar-refractivity contribution in [1.29, 1.82) is 0 Å². The molecule has 2 aliphatic heterocycles. The van der Waals surface area contributed by atoms with Crippen molar-refractivity contribution in [2.45, 2.75) is 58.0 Å². The van der Waals surface area contributed by atoms with Crippen LogP contribution in [0.4, 0.5) is 17.5 Å². The van der Waals surface area contributed by atoms with E-state index < -0.39 is 52.9 Å². The van der Waals surface area contributed by atoms with Gasteiger partial charge in [-0.25, -0.2) is 4.98 Å². The van der Waals surface area contributed by atoms with Gasteiger partial charge in [-0.3, -0.25) is 19.7 Å². The Balaban J connectivity index is 0.000000735. The number of fused-ring (bicyclic) bond motifs is 1. The summed E-state index contributed by atoms with van der Waals surface area (Å²) in [5.41, 5.74) is 5.17. The first kappa shape index (κ1) is 23.2. The van der Waals surface area contributed by atoms with Crippen molar-refractivity contribution in [2.75, 3.05) is 17.7 Å². The number of hydrogen-bond donors (Lipinski definition) is 3. The van der Waals surface area contributed by atoms with Gasteiger partial charge in [-0.2, -0.15) is 4.98 Å². The van der Waals surface area contributed by atoms with Crippen LogP contribution in [0, 0.1) is 10.1 Å². The fourth-order valence-electron chi connectivity index (χ4n) is 2.86. The Morgan fingerprint density at radius 3 is 2.50 bits per heavy atom. The molecule has 3 rings (SSSR count). The van der Waals surface area contributed by atoms with Gasteiger partial charge in [0.15, 0.2) is 12.0 Å². The molecule has 2 fully saturated rings. The molecule has 1 aromatic heterocycles. The predicted molar refractivity (Wildman–Crippen MR) is 99.2 cm³/mol. The predicted octanol–water partition coefficient (Wildman–Crippen LogP) is 0.278. The lowest BCUT2D eigenvalue weighted by molar-refractivity contribution is -0.384. The van der Waals surface area contributed by atoms with Crippen LogP contribution in [0.25, 0.3) is 0 Å². The summed E-state index contributed by atoms with van der Waals surface area (Å²) < 4.78 is 22.5. The summed E-state index contributed by atoms with van der Waals surface area (Å²) in [6.45, 7) is 5.89. The van der Waals surface area contributed by atoms with Crippen molar-refractivity contribution in [1.82, 2.24) is 9.97 Å². The average Bonchev–Trinajstić information content (AvgIpc) is 3.06. The van der Waals surface area contributed by atoms with Gasteiger partial charge in [-0.1, -0.05) is 0 Å². The molecule has 14 nitrogen and oxygen atoms in total. The number of hydrogen-bond acceptors (Lipinski definition) is 12. The molecule has 2 saturated heterocycles. The van der Waals surface area contributed by atoms with E-state index in [2.05, 4.69) is 15.3 Å². The molecule has 4 atom stereocenters. The van der Waals surface area contributed by atoms with Crippen LogP contribution in [-0.2, 0) is 28.5 Å². The number of aromatic nitrogens is 2. The molecular weight excluding hydrogens is 406 g/mol. The molecule has 0 amide bonds. The number of carbonyl (C=O) groups is 2. The second kappa shape index (κ2) is 9.15. The third-order valence-electron chi connectivity index (χ3n) is 3.87. The first-order valence-corrected chi connectivity index (χ1v) is 8.77. The number of anilines is 2. The van der Waals surface area contributed by atoms with Gasteiger partial charge >= 0.3 is 11.7 Å². The number of carbonyl (C=O) groups excluding carboxylic acids is 1. The van der Waals surface area contributed by atoms with Gasteiger partial charge in [0, 0.05) is 13.8 Å². The lowest BCUT2D eigenvalue weighted by Gasteiger charge is -2.24. The molecule has 0 unspecified atom stereocenters. The van der Waals surface area contributed by atoms with E-state index in [0.29, 0.717) is 0 Å². The van der Waals surface area contributed by atoms with Gasteiger partial charge in [0.2, 0.25) is 11.8 Å². The van der Waals surface area contributed by atoms with Crippen LogP contribution in [0.15, 0.2) is 6.20 Å². The van der Waals surface area contributed by atoms with Gasteiger partial charge in [-0.15, -0.1) is 0 Å². The Kier molecular flexibility index (Phi) is 7.07. The maximum atomic E-state index is 11.1. The molecule has 166 valence electrons. The van der Waals surface area contributed by atoms with Gasteiger partial charge in [0.05, 0.1) is 4.92 Å². The van der Waals surface area contributed by atoms with E-state index in [1.54, 1.807) is 13.8 Å². The van der Waals surface area contributed by atoms with Crippen molar-refractivity contribution >= 4 is 29.4 Å². The number of rotatable bonds is 5. The Bertz CT molecular complexity index is 814. The third kappa shape index (κ3) is 5.95. The smallest absolute Gasteiger partial charge is 0.329 e. The summed E-state index contributed by atoms with van der Waals surface area (Å²) in [5.74, 6) is -2.35. The lowest BCUT2D eigenvalue weighted by atomic mass is 10.1. The number of esters is 1. The van der Waals surface area contributed by atoms with Gasteiger partial charge in [0.1, 0.15) is 31.1 Å². The normalized spacial score (nSPS) is 26.1. The van der Waals surface area contributed by atoms with Crippen LogP contribution in [0.3, 0.4) is 0 Å². The fourth-order valence-corrected chi connectivity index (χ4v) is 2.86. The van der Waals surface area contributed by atoms with Crippen molar-refractivity contribution in [2.24, 2.45) is 0 Å². The van der Waals surface area contributed by atoms with Crippen molar-refractivity contribution in [3.63, 3.8) is 0 Å². The Morgan fingerprint density at radius 2 is 1.97 bits per heavy atom. The van der Waals surface area contributed by atoms with E-state index in [9.17, 15) is 14.9 Å². The van der Waals surface area contributed by atoms with Crippen molar-refractivity contribution < 1.29 is 38.6 Å². The molecular formula is C16H23N5O9. The zero-order valence-electron chi connectivity index (χ0n) is 16.7. The number of nitrogens with zero attached hydrogens (tertiary/aromatic N) is 3. The van der Waals surface area contributed by atoms with E-state index in [-0.39, 0.29) is 18.4 Å². The highest BCUT2D eigenvalue weighted by Crippen LogP contribution is 2.39. The molecule has 1 aromatic rings. The summed E-state index contributed by atoms with van der Waals surface area (Å²) >= 11 is 0. The van der Waals surface area contributed by atoms with Gasteiger partial charge < -0.3 is 35.1 Å². The molecule has 0 bridgehead atoms. The molecule has 0 aliphatic carbocycles.